The van der Waals surface area contributed by atoms with Crippen LogP contribution in [-0.2, 0) is 38.1 Å². The first-order chi connectivity index (χ1) is 28.3. The highest BCUT2D eigenvalue weighted by atomic mass is 16.6. The molecule has 1 aliphatic rings. The van der Waals surface area contributed by atoms with Crippen LogP contribution in [0, 0.1) is 53.3 Å². The molecule has 1 rings (SSSR count). The third-order valence-corrected chi connectivity index (χ3v) is 12.3. The van der Waals surface area contributed by atoms with Gasteiger partial charge >= 0.3 is 23.9 Å². The van der Waals surface area contributed by atoms with Gasteiger partial charge in [-0.3, -0.25) is 14.4 Å². The van der Waals surface area contributed by atoms with Crippen molar-refractivity contribution in [1.82, 2.24) is 0 Å². The molecule has 0 radical (unpaired) electrons. The Kier molecular flexibility index (Phi) is 28.9. The summed E-state index contributed by atoms with van der Waals surface area (Å²) in [5, 5.41) is 10.7. The fourth-order valence-corrected chi connectivity index (χ4v) is 8.27. The maximum Gasteiger partial charge on any atom is 0.378 e. The summed E-state index contributed by atoms with van der Waals surface area (Å²) in [6.45, 7) is 26.0. The van der Waals surface area contributed by atoms with Crippen LogP contribution < -0.4 is 0 Å². The van der Waals surface area contributed by atoms with E-state index in [9.17, 15) is 24.3 Å². The molecule has 60 heavy (non-hydrogen) atoms. The van der Waals surface area contributed by atoms with E-state index in [1.165, 1.54) is 57.8 Å². The molecule has 8 atom stereocenters. The van der Waals surface area contributed by atoms with Crippen LogP contribution >= 0.6 is 0 Å². The third kappa shape index (κ3) is 26.7. The first-order valence-electron chi connectivity index (χ1n) is 24.5. The van der Waals surface area contributed by atoms with Crippen molar-refractivity contribution in [2.75, 3.05) is 6.61 Å². The lowest BCUT2D eigenvalue weighted by Gasteiger charge is -2.25. The summed E-state index contributed by atoms with van der Waals surface area (Å²) >= 11 is 0. The van der Waals surface area contributed by atoms with Gasteiger partial charge in [0.25, 0.3) is 0 Å². The smallest absolute Gasteiger partial charge is 0.378 e. The van der Waals surface area contributed by atoms with E-state index in [1.807, 2.05) is 20.8 Å². The van der Waals surface area contributed by atoms with Crippen molar-refractivity contribution < 1.29 is 43.2 Å². The first-order valence-corrected chi connectivity index (χ1v) is 24.5. The normalized spacial score (nSPS) is 18.0. The molecule has 1 heterocycles. The van der Waals surface area contributed by atoms with Crippen molar-refractivity contribution in [2.45, 2.75) is 230 Å². The molecule has 0 aromatic rings. The maximum absolute atomic E-state index is 13.4. The lowest BCUT2D eigenvalue weighted by molar-refractivity contribution is -0.173. The molecule has 0 aromatic carbocycles. The zero-order valence-corrected chi connectivity index (χ0v) is 40.6. The van der Waals surface area contributed by atoms with Crippen molar-refractivity contribution in [1.29, 1.82) is 0 Å². The van der Waals surface area contributed by atoms with Gasteiger partial charge in [-0.15, -0.1) is 0 Å². The van der Waals surface area contributed by atoms with Crippen LogP contribution in [0.1, 0.15) is 218 Å². The Balaban J connectivity index is 2.90. The fourth-order valence-electron chi connectivity index (χ4n) is 8.27. The summed E-state index contributed by atoms with van der Waals surface area (Å²) < 4.78 is 22.6. The van der Waals surface area contributed by atoms with Crippen LogP contribution in [0.25, 0.3) is 0 Å². The zero-order chi connectivity index (χ0) is 45.2. The topological polar surface area (TPSA) is 125 Å². The molecule has 0 bridgehead atoms. The molecule has 0 fully saturated rings. The third-order valence-electron chi connectivity index (χ3n) is 12.3. The molecule has 0 saturated heterocycles. The summed E-state index contributed by atoms with van der Waals surface area (Å²) in [6.07, 6.45) is 17.6. The van der Waals surface area contributed by atoms with E-state index in [-0.39, 0.29) is 37.0 Å². The SMILES string of the molecule is CC(C)CCCC(C)CCCC(C)CC(=O)OC[C@@H](OC(=O)CC(C)CCCC(C)CCCC(C)C)C1OC(=O)C(O)=C1OC(=O)CC(C)CCCC(C)CCCC(C)C. The summed E-state index contributed by atoms with van der Waals surface area (Å²) in [4.78, 5) is 52.4. The Morgan fingerprint density at radius 2 is 0.833 bits per heavy atom. The molecule has 0 aliphatic carbocycles. The molecule has 350 valence electrons. The van der Waals surface area contributed by atoms with E-state index >= 15 is 0 Å². The van der Waals surface area contributed by atoms with Gasteiger partial charge in [-0.2, -0.15) is 0 Å². The van der Waals surface area contributed by atoms with Crippen molar-refractivity contribution >= 4 is 23.9 Å². The molecule has 0 amide bonds. The summed E-state index contributed by atoms with van der Waals surface area (Å²) in [5.41, 5.74) is 0. The lowest BCUT2D eigenvalue weighted by Crippen LogP contribution is -2.39. The largest absolute Gasteiger partial charge is 0.499 e. The second-order valence-electron chi connectivity index (χ2n) is 20.7. The maximum atomic E-state index is 13.4. The Hall–Kier alpha value is -2.58. The Morgan fingerprint density at radius 3 is 1.22 bits per heavy atom. The zero-order valence-electron chi connectivity index (χ0n) is 40.6. The van der Waals surface area contributed by atoms with Gasteiger partial charge in [-0.1, -0.05) is 199 Å². The van der Waals surface area contributed by atoms with E-state index < -0.39 is 54.2 Å². The van der Waals surface area contributed by atoms with Crippen molar-refractivity contribution in [3.05, 3.63) is 11.5 Å². The number of ether oxygens (including phenoxy) is 4. The van der Waals surface area contributed by atoms with Crippen molar-refractivity contribution in [3.8, 4) is 0 Å². The van der Waals surface area contributed by atoms with Crippen LogP contribution in [0.4, 0.5) is 0 Å². The van der Waals surface area contributed by atoms with Gasteiger partial charge in [-0.25, -0.2) is 4.79 Å². The number of rotatable bonds is 35. The highest BCUT2D eigenvalue weighted by Gasteiger charge is 2.45. The number of aliphatic hydroxyl groups is 1. The minimum Gasteiger partial charge on any atom is -0.499 e. The molecule has 0 saturated carbocycles. The standard InChI is InChI=1S/C51H92O9/c1-35(2)19-13-22-38(7)25-16-28-41(10)31-45(52)57-34-44(58-46(53)32-42(11)29-17-26-39(8)23-14-20-36(3)4)49-50(48(55)51(56)60-49)59-47(54)33-43(12)30-18-27-40(9)24-15-21-37(5)6/h35-44,49,55H,13-34H2,1-12H3/t38?,39?,40?,41?,42?,43?,44-,49?/m1/s1. The van der Waals surface area contributed by atoms with Crippen LogP contribution in [0.2, 0.25) is 0 Å². The molecule has 1 N–H and O–H groups in total. The van der Waals surface area contributed by atoms with Crippen LogP contribution in [0.5, 0.6) is 0 Å². The first kappa shape index (κ1) is 55.4. The lowest BCUT2D eigenvalue weighted by atomic mass is 9.92. The van der Waals surface area contributed by atoms with Gasteiger partial charge in [0.1, 0.15) is 6.61 Å². The van der Waals surface area contributed by atoms with E-state index in [1.54, 1.807) is 0 Å². The second kappa shape index (κ2) is 31.3. The Morgan fingerprint density at radius 1 is 0.500 bits per heavy atom. The summed E-state index contributed by atoms with van der Waals surface area (Å²) in [5.74, 6) is 0.263. The van der Waals surface area contributed by atoms with Crippen LogP contribution in [0.15, 0.2) is 11.5 Å². The predicted octanol–water partition coefficient (Wildman–Crippen LogP) is 13.7. The number of aliphatic hydroxyl groups excluding tert-OH is 1. The Labute approximate surface area is 367 Å². The molecule has 0 spiro atoms. The molecule has 9 heteroatoms. The van der Waals surface area contributed by atoms with Crippen molar-refractivity contribution in [2.24, 2.45) is 53.3 Å². The molecular weight excluding hydrogens is 757 g/mol. The molecule has 9 nitrogen and oxygen atoms in total. The van der Waals surface area contributed by atoms with Gasteiger partial charge < -0.3 is 24.1 Å². The number of esters is 4. The van der Waals surface area contributed by atoms with Gasteiger partial charge in [0, 0.05) is 19.3 Å². The number of cyclic esters (lactones) is 1. The van der Waals surface area contributed by atoms with Gasteiger partial charge in [0.05, 0.1) is 0 Å². The van der Waals surface area contributed by atoms with E-state index in [2.05, 4.69) is 62.3 Å². The quantitative estimate of drug-likeness (QED) is 0.0490. The molecule has 0 aromatic heterocycles. The summed E-state index contributed by atoms with van der Waals surface area (Å²) in [7, 11) is 0. The van der Waals surface area contributed by atoms with Crippen LogP contribution in [-0.4, -0.2) is 47.8 Å². The molecule has 1 aliphatic heterocycles. The van der Waals surface area contributed by atoms with Crippen molar-refractivity contribution in [3.63, 3.8) is 0 Å². The van der Waals surface area contributed by atoms with Gasteiger partial charge in [0.2, 0.25) is 17.6 Å². The molecule has 7 unspecified atom stereocenters. The minimum absolute atomic E-state index is 0.0220. The predicted molar refractivity (Wildman–Crippen MR) is 243 cm³/mol. The van der Waals surface area contributed by atoms with Gasteiger partial charge in [-0.05, 0) is 53.3 Å². The highest BCUT2D eigenvalue weighted by molar-refractivity contribution is 5.90. The second-order valence-corrected chi connectivity index (χ2v) is 20.7. The average Bonchev–Trinajstić information content (AvgIpc) is 3.40. The van der Waals surface area contributed by atoms with E-state index in [4.69, 9.17) is 18.9 Å². The number of hydrogen-bond donors (Lipinski definition) is 1. The number of carbonyl (C=O) groups excluding carboxylic acids is 4. The molecular formula is C51H92O9. The Bertz CT molecular complexity index is 1240. The highest BCUT2D eigenvalue weighted by Crippen LogP contribution is 2.30. The van der Waals surface area contributed by atoms with E-state index in [0.717, 1.165) is 63.7 Å². The van der Waals surface area contributed by atoms with Gasteiger partial charge in [0.15, 0.2) is 6.10 Å². The fraction of sp³-hybridized carbons (Fsp3) is 0.882. The monoisotopic (exact) mass is 849 g/mol. The summed E-state index contributed by atoms with van der Waals surface area (Å²) in [6, 6.07) is 0. The number of hydrogen-bond acceptors (Lipinski definition) is 9. The van der Waals surface area contributed by atoms with E-state index in [0.29, 0.717) is 29.6 Å². The van der Waals surface area contributed by atoms with Crippen LogP contribution in [0.3, 0.4) is 0 Å². The minimum atomic E-state index is -1.43. The average molecular weight is 849 g/mol. The number of carbonyl (C=O) groups is 4.